The van der Waals surface area contributed by atoms with Gasteiger partial charge in [-0.1, -0.05) is 24.3 Å². The predicted molar refractivity (Wildman–Crippen MR) is 114 cm³/mol. The highest BCUT2D eigenvalue weighted by Gasteiger charge is 2.26. The third-order valence-electron chi connectivity index (χ3n) is 5.24. The predicted octanol–water partition coefficient (Wildman–Crippen LogP) is 2.28. The summed E-state index contributed by atoms with van der Waals surface area (Å²) in [5.41, 5.74) is 1.13. The maximum Gasteiger partial charge on any atom is 0.191 e. The molecule has 2 aliphatic heterocycles. The van der Waals surface area contributed by atoms with Crippen LogP contribution in [0.5, 0.6) is 17.2 Å². The van der Waals surface area contributed by atoms with Gasteiger partial charge in [-0.15, -0.1) is 0 Å². The lowest BCUT2D eigenvalue weighted by Crippen LogP contribution is -2.48. The molecule has 0 radical (unpaired) electrons. The van der Waals surface area contributed by atoms with E-state index in [4.69, 9.17) is 14.2 Å². The van der Waals surface area contributed by atoms with E-state index in [2.05, 4.69) is 26.6 Å². The summed E-state index contributed by atoms with van der Waals surface area (Å²) in [7, 11) is 3.50. The smallest absolute Gasteiger partial charge is 0.191 e. The summed E-state index contributed by atoms with van der Waals surface area (Å²) in [5.74, 6) is 3.27. The minimum absolute atomic E-state index is 0.0582. The number of fused-ring (bicyclic) bond motifs is 1. The SMILES string of the molecule is CN=C(NCC1COc2ccccc2O1)NC1CCN(c2ccccc2OC)C1. The molecule has 7 heteroatoms. The van der Waals surface area contributed by atoms with E-state index in [-0.39, 0.29) is 6.10 Å². The Kier molecular flexibility index (Phi) is 5.93. The molecule has 2 heterocycles. The fourth-order valence-corrected chi connectivity index (χ4v) is 3.75. The zero-order chi connectivity index (χ0) is 20.1. The number of nitrogens with one attached hydrogen (secondary N) is 2. The van der Waals surface area contributed by atoms with Gasteiger partial charge in [0.05, 0.1) is 19.3 Å². The van der Waals surface area contributed by atoms with Crippen molar-refractivity contribution < 1.29 is 14.2 Å². The van der Waals surface area contributed by atoms with Crippen LogP contribution in [0.25, 0.3) is 0 Å². The van der Waals surface area contributed by atoms with Crippen LogP contribution in [0.3, 0.4) is 0 Å². The average molecular weight is 396 g/mol. The van der Waals surface area contributed by atoms with Gasteiger partial charge >= 0.3 is 0 Å². The lowest BCUT2D eigenvalue weighted by Gasteiger charge is -2.27. The first-order valence-electron chi connectivity index (χ1n) is 10.0. The van der Waals surface area contributed by atoms with Crippen molar-refractivity contribution in [3.63, 3.8) is 0 Å². The molecule has 0 aromatic heterocycles. The molecule has 0 amide bonds. The van der Waals surface area contributed by atoms with E-state index in [0.29, 0.717) is 19.2 Å². The van der Waals surface area contributed by atoms with Gasteiger partial charge in [0.2, 0.25) is 0 Å². The quantitative estimate of drug-likeness (QED) is 0.597. The van der Waals surface area contributed by atoms with E-state index in [1.165, 1.54) is 0 Å². The molecule has 2 aromatic rings. The van der Waals surface area contributed by atoms with Crippen LogP contribution in [0.2, 0.25) is 0 Å². The molecule has 0 aliphatic carbocycles. The van der Waals surface area contributed by atoms with E-state index in [1.54, 1.807) is 14.2 Å². The number of nitrogens with zero attached hydrogens (tertiary/aromatic N) is 2. The molecule has 2 unspecified atom stereocenters. The Hall–Kier alpha value is -3.09. The summed E-state index contributed by atoms with van der Waals surface area (Å²) in [6.45, 7) is 3.02. The van der Waals surface area contributed by atoms with E-state index in [9.17, 15) is 0 Å². The maximum absolute atomic E-state index is 6.00. The molecule has 1 fully saturated rings. The largest absolute Gasteiger partial charge is 0.495 e. The summed E-state index contributed by atoms with van der Waals surface area (Å²) in [6, 6.07) is 16.2. The second-order valence-corrected chi connectivity index (χ2v) is 7.20. The normalized spacial score (nSPS) is 21.0. The molecule has 0 spiro atoms. The van der Waals surface area contributed by atoms with Crippen molar-refractivity contribution in [2.24, 2.45) is 4.99 Å². The van der Waals surface area contributed by atoms with Crippen LogP contribution in [-0.2, 0) is 0 Å². The molecule has 0 saturated carbocycles. The van der Waals surface area contributed by atoms with Crippen molar-refractivity contribution in [3.8, 4) is 17.2 Å². The molecule has 4 rings (SSSR count). The van der Waals surface area contributed by atoms with Gasteiger partial charge in [-0.3, -0.25) is 4.99 Å². The van der Waals surface area contributed by atoms with Crippen molar-refractivity contribution in [1.82, 2.24) is 10.6 Å². The summed E-state index contributed by atoms with van der Waals surface area (Å²) in [6.07, 6.45) is 0.979. The van der Waals surface area contributed by atoms with Crippen molar-refractivity contribution in [2.45, 2.75) is 18.6 Å². The fourth-order valence-electron chi connectivity index (χ4n) is 3.75. The molecular formula is C22H28N4O3. The number of hydrogen-bond donors (Lipinski definition) is 2. The topological polar surface area (TPSA) is 67.4 Å². The van der Waals surface area contributed by atoms with Gasteiger partial charge in [-0.25, -0.2) is 0 Å². The molecule has 29 heavy (non-hydrogen) atoms. The van der Waals surface area contributed by atoms with Crippen LogP contribution in [0, 0.1) is 0 Å². The fraction of sp³-hybridized carbons (Fsp3) is 0.409. The Morgan fingerprint density at radius 3 is 2.79 bits per heavy atom. The highest BCUT2D eigenvalue weighted by Crippen LogP contribution is 2.31. The minimum Gasteiger partial charge on any atom is -0.495 e. The van der Waals surface area contributed by atoms with Crippen molar-refractivity contribution in [1.29, 1.82) is 0 Å². The van der Waals surface area contributed by atoms with Crippen LogP contribution in [0.1, 0.15) is 6.42 Å². The molecule has 1 saturated heterocycles. The van der Waals surface area contributed by atoms with Crippen molar-refractivity contribution in [2.75, 3.05) is 45.3 Å². The number of ether oxygens (including phenoxy) is 3. The number of rotatable bonds is 5. The van der Waals surface area contributed by atoms with E-state index in [1.807, 2.05) is 42.5 Å². The summed E-state index contributed by atoms with van der Waals surface area (Å²) in [5, 5.41) is 6.89. The standard InChI is InChI=1S/C22H28N4O3/c1-23-22(24-13-17-15-28-20-9-5-6-10-21(20)29-17)25-16-11-12-26(14-16)18-7-3-4-8-19(18)27-2/h3-10,16-17H,11-15H2,1-2H3,(H2,23,24,25). The first-order chi connectivity index (χ1) is 14.3. The number of guanidine groups is 1. The summed E-state index contributed by atoms with van der Waals surface area (Å²) >= 11 is 0. The van der Waals surface area contributed by atoms with E-state index >= 15 is 0 Å². The Morgan fingerprint density at radius 2 is 1.97 bits per heavy atom. The Labute approximate surface area is 171 Å². The first-order valence-corrected chi connectivity index (χ1v) is 10.0. The summed E-state index contributed by atoms with van der Waals surface area (Å²) in [4.78, 5) is 6.71. The zero-order valence-electron chi connectivity index (χ0n) is 16.9. The molecule has 2 aromatic carbocycles. The van der Waals surface area contributed by atoms with Gasteiger partial charge in [-0.2, -0.15) is 0 Å². The Balaban J connectivity index is 1.28. The third-order valence-corrected chi connectivity index (χ3v) is 5.24. The van der Waals surface area contributed by atoms with Crippen LogP contribution in [0.15, 0.2) is 53.5 Å². The second kappa shape index (κ2) is 8.94. The maximum atomic E-state index is 6.00. The molecule has 2 N–H and O–H groups in total. The van der Waals surface area contributed by atoms with Gasteiger partial charge in [-0.05, 0) is 30.7 Å². The van der Waals surface area contributed by atoms with Crippen molar-refractivity contribution in [3.05, 3.63) is 48.5 Å². The van der Waals surface area contributed by atoms with Gasteiger partial charge in [0, 0.05) is 26.2 Å². The van der Waals surface area contributed by atoms with Crippen LogP contribution >= 0.6 is 0 Å². The summed E-state index contributed by atoms with van der Waals surface area (Å²) < 4.78 is 17.3. The number of benzene rings is 2. The Morgan fingerprint density at radius 1 is 1.17 bits per heavy atom. The Bertz CT molecular complexity index is 857. The third kappa shape index (κ3) is 4.50. The first kappa shape index (κ1) is 19.2. The number of methoxy groups -OCH3 is 1. The number of para-hydroxylation sites is 4. The second-order valence-electron chi connectivity index (χ2n) is 7.20. The number of hydrogen-bond acceptors (Lipinski definition) is 5. The molecular weight excluding hydrogens is 368 g/mol. The van der Waals surface area contributed by atoms with Gasteiger partial charge in [0.15, 0.2) is 17.5 Å². The molecule has 7 nitrogen and oxygen atoms in total. The zero-order valence-corrected chi connectivity index (χ0v) is 16.9. The average Bonchev–Trinajstić information content (AvgIpc) is 3.24. The van der Waals surface area contributed by atoms with Gasteiger partial charge in [0.1, 0.15) is 18.5 Å². The van der Waals surface area contributed by atoms with Crippen LogP contribution in [0.4, 0.5) is 5.69 Å². The van der Waals surface area contributed by atoms with Crippen molar-refractivity contribution >= 4 is 11.6 Å². The molecule has 0 bridgehead atoms. The molecule has 2 aliphatic rings. The molecule has 154 valence electrons. The van der Waals surface area contributed by atoms with Crippen LogP contribution in [-0.4, -0.2) is 58.5 Å². The van der Waals surface area contributed by atoms with E-state index in [0.717, 1.165) is 48.4 Å². The number of anilines is 1. The monoisotopic (exact) mass is 396 g/mol. The van der Waals surface area contributed by atoms with Crippen LogP contribution < -0.4 is 29.7 Å². The molecule has 2 atom stereocenters. The lowest BCUT2D eigenvalue weighted by atomic mass is 10.2. The highest BCUT2D eigenvalue weighted by atomic mass is 16.6. The number of aliphatic imine (C=N–C) groups is 1. The highest BCUT2D eigenvalue weighted by molar-refractivity contribution is 5.80. The van der Waals surface area contributed by atoms with Gasteiger partial charge < -0.3 is 29.7 Å². The van der Waals surface area contributed by atoms with Gasteiger partial charge in [0.25, 0.3) is 0 Å². The van der Waals surface area contributed by atoms with E-state index < -0.39 is 0 Å². The minimum atomic E-state index is -0.0582. The lowest BCUT2D eigenvalue weighted by molar-refractivity contribution is 0.0936.